The summed E-state index contributed by atoms with van der Waals surface area (Å²) in [6.07, 6.45) is -0.519. The fourth-order valence-corrected chi connectivity index (χ4v) is 4.59. The molecule has 0 radical (unpaired) electrons. The standard InChI is InChI=1S/C23H16Cl2N4OS/c24-17-10-4-1-7-14(17)13-31-23-27-22-20(28-29-23)16-9-3-6-12-19(16)26-21(30-22)15-8-2-5-11-18(15)25/h1-12,21,26H,13H2/t21-/m1/s1. The predicted molar refractivity (Wildman–Crippen MR) is 125 cm³/mol. The number of ether oxygens (including phenoxy) is 1. The first-order valence-corrected chi connectivity index (χ1v) is 11.3. The summed E-state index contributed by atoms with van der Waals surface area (Å²) in [5, 5.41) is 14.0. The van der Waals surface area contributed by atoms with Crippen molar-refractivity contribution in [2.24, 2.45) is 0 Å². The van der Waals surface area contributed by atoms with Crippen molar-refractivity contribution in [1.29, 1.82) is 0 Å². The van der Waals surface area contributed by atoms with Gasteiger partial charge in [0.2, 0.25) is 11.0 Å². The zero-order chi connectivity index (χ0) is 21.2. The van der Waals surface area contributed by atoms with Crippen LogP contribution in [0.4, 0.5) is 5.69 Å². The highest BCUT2D eigenvalue weighted by Crippen LogP contribution is 2.40. The lowest BCUT2D eigenvalue weighted by molar-refractivity contribution is 0.225. The van der Waals surface area contributed by atoms with E-state index in [1.807, 2.05) is 72.8 Å². The van der Waals surface area contributed by atoms with Crippen molar-refractivity contribution in [2.45, 2.75) is 17.1 Å². The maximum Gasteiger partial charge on any atom is 0.247 e. The first-order valence-electron chi connectivity index (χ1n) is 9.57. The molecule has 1 aliphatic heterocycles. The SMILES string of the molecule is Clc1ccccc1CSc1nnc2c(n1)O[C@H](c1ccccc1Cl)Nc1ccccc1-2. The topological polar surface area (TPSA) is 59.9 Å². The Balaban J connectivity index is 1.51. The summed E-state index contributed by atoms with van der Waals surface area (Å²) in [4.78, 5) is 4.66. The predicted octanol–water partition coefficient (Wildman–Crippen LogP) is 6.64. The van der Waals surface area contributed by atoms with Crippen LogP contribution in [0, 0.1) is 0 Å². The molecule has 31 heavy (non-hydrogen) atoms. The molecule has 0 saturated carbocycles. The van der Waals surface area contributed by atoms with E-state index in [0.29, 0.717) is 32.5 Å². The van der Waals surface area contributed by atoms with Crippen LogP contribution in [0.3, 0.4) is 0 Å². The largest absolute Gasteiger partial charge is 0.448 e. The van der Waals surface area contributed by atoms with Crippen LogP contribution >= 0.6 is 35.0 Å². The number of halogens is 2. The number of anilines is 1. The Morgan fingerprint density at radius 3 is 2.45 bits per heavy atom. The van der Waals surface area contributed by atoms with Crippen molar-refractivity contribution in [2.75, 3.05) is 5.32 Å². The molecule has 8 heteroatoms. The molecular weight excluding hydrogens is 451 g/mol. The molecule has 1 atom stereocenters. The van der Waals surface area contributed by atoms with E-state index in [0.717, 1.165) is 22.4 Å². The molecule has 3 aromatic carbocycles. The first-order chi connectivity index (χ1) is 15.2. The first kappa shape index (κ1) is 20.1. The number of fused-ring (bicyclic) bond motifs is 3. The molecule has 0 amide bonds. The van der Waals surface area contributed by atoms with Gasteiger partial charge in [-0.2, -0.15) is 4.98 Å². The summed E-state index contributed by atoms with van der Waals surface area (Å²) in [5.74, 6) is 1.03. The van der Waals surface area contributed by atoms with Gasteiger partial charge in [0.05, 0.1) is 0 Å². The molecule has 5 rings (SSSR count). The van der Waals surface area contributed by atoms with Gasteiger partial charge in [0.15, 0.2) is 11.9 Å². The Labute approximate surface area is 193 Å². The maximum atomic E-state index is 6.44. The van der Waals surface area contributed by atoms with Gasteiger partial charge < -0.3 is 10.1 Å². The highest BCUT2D eigenvalue weighted by Gasteiger charge is 2.27. The molecule has 2 heterocycles. The molecule has 0 fully saturated rings. The lowest BCUT2D eigenvalue weighted by atomic mass is 10.1. The van der Waals surface area contributed by atoms with Crippen LogP contribution in [0.5, 0.6) is 5.88 Å². The monoisotopic (exact) mass is 466 g/mol. The minimum absolute atomic E-state index is 0.402. The van der Waals surface area contributed by atoms with E-state index in [1.165, 1.54) is 11.8 Å². The van der Waals surface area contributed by atoms with Crippen LogP contribution in [-0.2, 0) is 5.75 Å². The van der Waals surface area contributed by atoms with E-state index in [1.54, 1.807) is 0 Å². The van der Waals surface area contributed by atoms with Gasteiger partial charge >= 0.3 is 0 Å². The Hall–Kier alpha value is -2.80. The van der Waals surface area contributed by atoms with Crippen LogP contribution in [0.25, 0.3) is 11.3 Å². The highest BCUT2D eigenvalue weighted by molar-refractivity contribution is 7.98. The van der Waals surface area contributed by atoms with Crippen LogP contribution in [0.15, 0.2) is 78.0 Å². The van der Waals surface area contributed by atoms with Crippen LogP contribution < -0.4 is 10.1 Å². The number of aromatic nitrogens is 3. The molecule has 154 valence electrons. The van der Waals surface area contributed by atoms with Crippen molar-refractivity contribution in [3.8, 4) is 17.1 Å². The molecule has 1 aliphatic rings. The number of benzene rings is 3. The van der Waals surface area contributed by atoms with E-state index >= 15 is 0 Å². The quantitative estimate of drug-likeness (QED) is 0.340. The molecule has 0 saturated heterocycles. The number of nitrogens with one attached hydrogen (secondary N) is 1. The van der Waals surface area contributed by atoms with Gasteiger partial charge in [0.25, 0.3) is 0 Å². The lowest BCUT2D eigenvalue weighted by Gasteiger charge is -2.20. The van der Waals surface area contributed by atoms with E-state index in [4.69, 9.17) is 27.9 Å². The summed E-state index contributed by atoms with van der Waals surface area (Å²) in [6, 6.07) is 23.1. The zero-order valence-electron chi connectivity index (χ0n) is 16.1. The average Bonchev–Trinajstić information content (AvgIpc) is 2.95. The smallest absolute Gasteiger partial charge is 0.247 e. The van der Waals surface area contributed by atoms with E-state index in [-0.39, 0.29) is 0 Å². The number of nitrogens with zero attached hydrogens (tertiary/aromatic N) is 3. The Kier molecular flexibility index (Phi) is 5.68. The Bertz CT molecular complexity index is 1250. The van der Waals surface area contributed by atoms with Crippen molar-refractivity contribution < 1.29 is 4.74 Å². The second-order valence-electron chi connectivity index (χ2n) is 6.84. The van der Waals surface area contributed by atoms with Gasteiger partial charge in [-0.3, -0.25) is 0 Å². The van der Waals surface area contributed by atoms with E-state index in [2.05, 4.69) is 20.5 Å². The summed E-state index contributed by atoms with van der Waals surface area (Å²) in [7, 11) is 0. The maximum absolute atomic E-state index is 6.44. The van der Waals surface area contributed by atoms with Crippen LogP contribution in [0.1, 0.15) is 17.4 Å². The van der Waals surface area contributed by atoms with Gasteiger partial charge in [-0.1, -0.05) is 89.6 Å². The van der Waals surface area contributed by atoms with Crippen molar-refractivity contribution >= 4 is 40.7 Å². The number of thioether (sulfide) groups is 1. The molecule has 0 bridgehead atoms. The molecule has 0 unspecified atom stereocenters. The summed E-state index contributed by atoms with van der Waals surface area (Å²) >= 11 is 14.2. The van der Waals surface area contributed by atoms with Gasteiger partial charge in [-0.15, -0.1) is 10.2 Å². The summed E-state index contributed by atoms with van der Waals surface area (Å²) < 4.78 is 6.27. The number of hydrogen-bond donors (Lipinski definition) is 1. The van der Waals surface area contributed by atoms with Crippen molar-refractivity contribution in [3.05, 3.63) is 94.0 Å². The fourth-order valence-electron chi connectivity index (χ4n) is 3.29. The minimum Gasteiger partial charge on any atom is -0.448 e. The van der Waals surface area contributed by atoms with Gasteiger partial charge in [0, 0.05) is 32.6 Å². The number of hydrogen-bond acceptors (Lipinski definition) is 6. The van der Waals surface area contributed by atoms with Crippen LogP contribution in [0.2, 0.25) is 10.0 Å². The van der Waals surface area contributed by atoms with E-state index in [9.17, 15) is 0 Å². The second kappa shape index (κ2) is 8.75. The number of rotatable bonds is 4. The lowest BCUT2D eigenvalue weighted by Crippen LogP contribution is -2.17. The minimum atomic E-state index is -0.519. The normalized spacial score (nSPS) is 14.6. The second-order valence-corrected chi connectivity index (χ2v) is 8.59. The van der Waals surface area contributed by atoms with Crippen molar-refractivity contribution in [1.82, 2.24) is 15.2 Å². The van der Waals surface area contributed by atoms with Gasteiger partial charge in [0.1, 0.15) is 0 Å². The molecule has 1 aromatic heterocycles. The molecule has 1 N–H and O–H groups in total. The van der Waals surface area contributed by atoms with E-state index < -0.39 is 6.23 Å². The fraction of sp³-hybridized carbons (Fsp3) is 0.0870. The molecule has 0 aliphatic carbocycles. The zero-order valence-corrected chi connectivity index (χ0v) is 18.5. The third-order valence-corrected chi connectivity index (χ3v) is 6.44. The molecule has 0 spiro atoms. The summed E-state index contributed by atoms with van der Waals surface area (Å²) in [6.45, 7) is 0. The molecular formula is C23H16Cl2N4OS. The average molecular weight is 467 g/mol. The summed E-state index contributed by atoms with van der Waals surface area (Å²) in [5.41, 5.74) is 4.15. The van der Waals surface area contributed by atoms with Crippen LogP contribution in [-0.4, -0.2) is 15.2 Å². The highest BCUT2D eigenvalue weighted by atomic mass is 35.5. The number of para-hydroxylation sites is 1. The Morgan fingerprint density at radius 2 is 1.61 bits per heavy atom. The van der Waals surface area contributed by atoms with Gasteiger partial charge in [-0.25, -0.2) is 0 Å². The van der Waals surface area contributed by atoms with Gasteiger partial charge in [-0.05, 0) is 23.8 Å². The Morgan fingerprint density at radius 1 is 0.871 bits per heavy atom. The molecule has 5 nitrogen and oxygen atoms in total. The van der Waals surface area contributed by atoms with Crippen molar-refractivity contribution in [3.63, 3.8) is 0 Å². The molecule has 4 aromatic rings. The third kappa shape index (κ3) is 4.19. The third-order valence-electron chi connectivity index (χ3n) is 4.84.